The van der Waals surface area contributed by atoms with E-state index in [0.29, 0.717) is 25.8 Å². The van der Waals surface area contributed by atoms with Crippen molar-refractivity contribution in [1.82, 2.24) is 10.2 Å². The Morgan fingerprint density at radius 3 is 3.16 bits per heavy atom. The van der Waals surface area contributed by atoms with Gasteiger partial charge in [0, 0.05) is 24.0 Å². The predicted octanol–water partition coefficient (Wildman–Crippen LogP) is 1.57. The lowest BCUT2D eigenvalue weighted by molar-refractivity contribution is -0.134. The van der Waals surface area contributed by atoms with Crippen molar-refractivity contribution < 1.29 is 9.53 Å². The highest BCUT2D eigenvalue weighted by Gasteiger charge is 2.23. The molecule has 104 valence electrons. The van der Waals surface area contributed by atoms with Crippen LogP contribution < -0.4 is 5.32 Å². The van der Waals surface area contributed by atoms with E-state index in [1.54, 1.807) is 0 Å². The summed E-state index contributed by atoms with van der Waals surface area (Å²) in [5, 5.41) is 5.60. The summed E-state index contributed by atoms with van der Waals surface area (Å²) in [6.45, 7) is 3.25. The lowest BCUT2D eigenvalue weighted by Crippen LogP contribution is -2.45. The summed E-state index contributed by atoms with van der Waals surface area (Å²) in [7, 11) is 0. The summed E-state index contributed by atoms with van der Waals surface area (Å²) >= 11 is 1.84. The van der Waals surface area contributed by atoms with Crippen LogP contribution in [-0.2, 0) is 16.0 Å². The van der Waals surface area contributed by atoms with Gasteiger partial charge in [-0.2, -0.15) is 0 Å². The summed E-state index contributed by atoms with van der Waals surface area (Å²) < 4.78 is 5.27. The molecular formula is C14H20N2O2S. The van der Waals surface area contributed by atoms with Crippen LogP contribution in [0.2, 0.25) is 0 Å². The van der Waals surface area contributed by atoms with Gasteiger partial charge in [0.25, 0.3) is 0 Å². The molecule has 5 heteroatoms. The lowest BCUT2D eigenvalue weighted by Gasteiger charge is -2.29. The normalized spacial score (nSPS) is 23.2. The Labute approximate surface area is 117 Å². The molecule has 0 aromatic carbocycles. The van der Waals surface area contributed by atoms with Crippen LogP contribution in [0.4, 0.5) is 0 Å². The van der Waals surface area contributed by atoms with Crippen LogP contribution in [0.3, 0.4) is 0 Å². The van der Waals surface area contributed by atoms with Crippen LogP contribution in [0.5, 0.6) is 0 Å². The third-order valence-corrected chi connectivity index (χ3v) is 4.91. The molecule has 0 spiro atoms. The SMILES string of the molecule is O=C(CNC1CCCc2sccc21)N1CCOCC1. The Morgan fingerprint density at radius 1 is 1.47 bits per heavy atom. The number of nitrogens with one attached hydrogen (secondary N) is 1. The van der Waals surface area contributed by atoms with Crippen LogP contribution >= 0.6 is 11.3 Å². The van der Waals surface area contributed by atoms with Crippen LogP contribution in [0.25, 0.3) is 0 Å². The summed E-state index contributed by atoms with van der Waals surface area (Å²) in [5.41, 5.74) is 1.41. The summed E-state index contributed by atoms with van der Waals surface area (Å²) in [5.74, 6) is 0.200. The lowest BCUT2D eigenvalue weighted by atomic mass is 9.94. The van der Waals surface area contributed by atoms with Crippen molar-refractivity contribution in [3.63, 3.8) is 0 Å². The monoisotopic (exact) mass is 280 g/mol. The van der Waals surface area contributed by atoms with Crippen LogP contribution in [0.1, 0.15) is 29.3 Å². The number of aryl methyl sites for hydroxylation is 1. The average molecular weight is 280 g/mol. The van der Waals surface area contributed by atoms with Crippen molar-refractivity contribution in [2.45, 2.75) is 25.3 Å². The van der Waals surface area contributed by atoms with Crippen LogP contribution in [0.15, 0.2) is 11.4 Å². The van der Waals surface area contributed by atoms with Gasteiger partial charge < -0.3 is 15.0 Å². The summed E-state index contributed by atoms with van der Waals surface area (Å²) in [6, 6.07) is 2.57. The Bertz CT molecular complexity index is 440. The third-order valence-electron chi connectivity index (χ3n) is 3.92. The van der Waals surface area contributed by atoms with Gasteiger partial charge in [-0.1, -0.05) is 0 Å². The van der Waals surface area contributed by atoms with Gasteiger partial charge >= 0.3 is 0 Å². The molecule has 2 aliphatic rings. The van der Waals surface area contributed by atoms with Gasteiger partial charge in [0.15, 0.2) is 0 Å². The maximum atomic E-state index is 12.1. The minimum Gasteiger partial charge on any atom is -0.378 e. The Hall–Kier alpha value is -0.910. The molecule has 0 saturated carbocycles. The Balaban J connectivity index is 1.54. The number of hydrogen-bond donors (Lipinski definition) is 1. The number of thiophene rings is 1. The van der Waals surface area contributed by atoms with Gasteiger partial charge in [-0.3, -0.25) is 4.79 Å². The van der Waals surface area contributed by atoms with Crippen LogP contribution in [-0.4, -0.2) is 43.7 Å². The number of morpholine rings is 1. The molecule has 1 aromatic rings. The number of carbonyl (C=O) groups is 1. The first-order valence-corrected chi connectivity index (χ1v) is 7.88. The van der Waals surface area contributed by atoms with E-state index in [2.05, 4.69) is 16.8 Å². The van der Waals surface area contributed by atoms with Gasteiger partial charge in [-0.05, 0) is 36.3 Å². The highest BCUT2D eigenvalue weighted by Crippen LogP contribution is 2.33. The highest BCUT2D eigenvalue weighted by molar-refractivity contribution is 7.10. The average Bonchev–Trinajstić information content (AvgIpc) is 2.94. The standard InChI is InChI=1S/C14H20N2O2S/c17-14(16-5-7-18-8-6-16)10-15-12-2-1-3-13-11(12)4-9-19-13/h4,9,12,15H,1-3,5-8,10H2. The number of carbonyl (C=O) groups excluding carboxylic acids is 1. The Kier molecular flexibility index (Phi) is 4.15. The summed E-state index contributed by atoms with van der Waals surface area (Å²) in [6.07, 6.45) is 3.56. The van der Waals surface area contributed by atoms with Crippen molar-refractivity contribution in [2.75, 3.05) is 32.8 Å². The molecule has 0 radical (unpaired) electrons. The fraction of sp³-hybridized carbons (Fsp3) is 0.643. The van der Waals surface area contributed by atoms with Gasteiger partial charge in [0.2, 0.25) is 5.91 Å². The molecule has 1 aromatic heterocycles. The first-order valence-electron chi connectivity index (χ1n) is 7.00. The number of nitrogens with zero attached hydrogens (tertiary/aromatic N) is 1. The second kappa shape index (κ2) is 6.03. The minimum absolute atomic E-state index is 0.200. The van der Waals surface area contributed by atoms with E-state index in [4.69, 9.17) is 4.74 Å². The first kappa shape index (κ1) is 13.1. The van der Waals surface area contributed by atoms with Gasteiger partial charge in [0.05, 0.1) is 19.8 Å². The van der Waals surface area contributed by atoms with E-state index >= 15 is 0 Å². The molecule has 1 aliphatic heterocycles. The molecule has 1 saturated heterocycles. The Morgan fingerprint density at radius 2 is 2.32 bits per heavy atom. The molecule has 1 aliphatic carbocycles. The first-order chi connectivity index (χ1) is 9.34. The number of ether oxygens (including phenoxy) is 1. The fourth-order valence-corrected chi connectivity index (χ4v) is 3.82. The number of amides is 1. The van der Waals surface area contributed by atoms with Gasteiger partial charge in [0.1, 0.15) is 0 Å². The second-order valence-corrected chi connectivity index (χ2v) is 6.12. The third kappa shape index (κ3) is 2.99. The van der Waals surface area contributed by atoms with Crippen molar-refractivity contribution >= 4 is 17.2 Å². The largest absolute Gasteiger partial charge is 0.378 e. The van der Waals surface area contributed by atoms with Crippen molar-refractivity contribution in [3.05, 3.63) is 21.9 Å². The zero-order valence-electron chi connectivity index (χ0n) is 11.1. The molecule has 3 rings (SSSR count). The molecule has 1 amide bonds. The van der Waals surface area contributed by atoms with E-state index < -0.39 is 0 Å². The van der Waals surface area contributed by atoms with E-state index in [9.17, 15) is 4.79 Å². The van der Waals surface area contributed by atoms with Gasteiger partial charge in [-0.15, -0.1) is 11.3 Å². The van der Waals surface area contributed by atoms with E-state index in [1.165, 1.54) is 23.3 Å². The van der Waals surface area contributed by atoms with Gasteiger partial charge in [-0.25, -0.2) is 0 Å². The minimum atomic E-state index is 0.200. The number of rotatable bonds is 3. The predicted molar refractivity (Wildman–Crippen MR) is 75.4 cm³/mol. The molecule has 2 heterocycles. The maximum Gasteiger partial charge on any atom is 0.236 e. The number of fused-ring (bicyclic) bond motifs is 1. The topological polar surface area (TPSA) is 41.6 Å². The van der Waals surface area contributed by atoms with E-state index in [-0.39, 0.29) is 5.91 Å². The van der Waals surface area contributed by atoms with E-state index in [1.807, 2.05) is 16.2 Å². The van der Waals surface area contributed by atoms with Crippen molar-refractivity contribution in [3.8, 4) is 0 Å². The molecule has 1 N–H and O–H groups in total. The number of hydrogen-bond acceptors (Lipinski definition) is 4. The second-order valence-electron chi connectivity index (χ2n) is 5.12. The van der Waals surface area contributed by atoms with Crippen molar-refractivity contribution in [2.24, 2.45) is 0 Å². The zero-order chi connectivity index (χ0) is 13.1. The highest BCUT2D eigenvalue weighted by atomic mass is 32.1. The fourth-order valence-electron chi connectivity index (χ4n) is 2.83. The quantitative estimate of drug-likeness (QED) is 0.914. The molecule has 1 fully saturated rings. The molecule has 1 unspecified atom stereocenters. The summed E-state index contributed by atoms with van der Waals surface area (Å²) in [4.78, 5) is 15.5. The maximum absolute atomic E-state index is 12.1. The molecule has 4 nitrogen and oxygen atoms in total. The molecule has 0 bridgehead atoms. The molecule has 1 atom stereocenters. The van der Waals surface area contributed by atoms with Crippen LogP contribution in [0, 0.1) is 0 Å². The smallest absolute Gasteiger partial charge is 0.236 e. The zero-order valence-corrected chi connectivity index (χ0v) is 11.9. The van der Waals surface area contributed by atoms with E-state index in [0.717, 1.165) is 19.5 Å². The molecule has 19 heavy (non-hydrogen) atoms. The molecular weight excluding hydrogens is 260 g/mol. The van der Waals surface area contributed by atoms with Crippen molar-refractivity contribution in [1.29, 1.82) is 0 Å².